The summed E-state index contributed by atoms with van der Waals surface area (Å²) in [7, 11) is -3.89. The monoisotopic (exact) mass is 452 g/mol. The van der Waals surface area contributed by atoms with Gasteiger partial charge in [0.15, 0.2) is 17.3 Å². The standard InChI is InChI=1S/C23H17FN2O3S2/c1-15-7-9-18(10-8-15)31(27,28)26-12-11-19-21(26)14-20(24)22(23(19)30-3)29-17-6-4-5-16(13-17)25-2/h4-14H,1,3H3. The summed E-state index contributed by atoms with van der Waals surface area (Å²) in [4.78, 5) is 3.95. The Labute approximate surface area is 184 Å². The van der Waals surface area contributed by atoms with Crippen LogP contribution in [0, 0.1) is 19.3 Å². The maximum absolute atomic E-state index is 15.1. The highest BCUT2D eigenvalue weighted by molar-refractivity contribution is 7.99. The molecule has 0 atom stereocenters. The first-order valence-corrected chi connectivity index (χ1v) is 11.9. The van der Waals surface area contributed by atoms with Crippen LogP contribution in [0.1, 0.15) is 5.56 Å². The van der Waals surface area contributed by atoms with Crippen molar-refractivity contribution in [2.24, 2.45) is 0 Å². The van der Waals surface area contributed by atoms with E-state index in [0.717, 1.165) is 15.6 Å². The van der Waals surface area contributed by atoms with Gasteiger partial charge in [0, 0.05) is 17.6 Å². The molecule has 31 heavy (non-hydrogen) atoms. The number of hydrogen-bond acceptors (Lipinski definition) is 4. The fraction of sp³-hybridized carbons (Fsp3) is 0.0870. The van der Waals surface area contributed by atoms with Crippen LogP contribution in [0.4, 0.5) is 10.1 Å². The summed E-state index contributed by atoms with van der Waals surface area (Å²) in [5.41, 5.74) is 1.54. The van der Waals surface area contributed by atoms with Gasteiger partial charge in [-0.1, -0.05) is 29.8 Å². The number of hydrogen-bond donors (Lipinski definition) is 0. The van der Waals surface area contributed by atoms with Gasteiger partial charge in [-0.3, -0.25) is 0 Å². The summed E-state index contributed by atoms with van der Waals surface area (Å²) < 4.78 is 48.3. The molecule has 0 N–H and O–H groups in total. The van der Waals surface area contributed by atoms with E-state index < -0.39 is 15.8 Å². The van der Waals surface area contributed by atoms with Crippen LogP contribution >= 0.6 is 11.8 Å². The zero-order chi connectivity index (χ0) is 22.2. The van der Waals surface area contributed by atoms with Gasteiger partial charge in [0.1, 0.15) is 5.75 Å². The van der Waals surface area contributed by atoms with Gasteiger partial charge in [-0.15, -0.1) is 11.8 Å². The van der Waals surface area contributed by atoms with Crippen molar-refractivity contribution in [2.75, 3.05) is 6.26 Å². The largest absolute Gasteiger partial charge is 0.454 e. The van der Waals surface area contributed by atoms with Crippen molar-refractivity contribution >= 4 is 38.4 Å². The number of thioether (sulfide) groups is 1. The molecule has 3 aromatic carbocycles. The molecular weight excluding hydrogens is 435 g/mol. The summed E-state index contributed by atoms with van der Waals surface area (Å²) in [5.74, 6) is -0.370. The molecule has 0 saturated heterocycles. The third kappa shape index (κ3) is 3.78. The lowest BCUT2D eigenvalue weighted by Gasteiger charge is -2.14. The molecule has 0 aliphatic carbocycles. The Morgan fingerprint density at radius 1 is 1.10 bits per heavy atom. The van der Waals surface area contributed by atoms with E-state index >= 15 is 4.39 Å². The first kappa shape index (κ1) is 21.0. The van der Waals surface area contributed by atoms with Gasteiger partial charge >= 0.3 is 0 Å². The van der Waals surface area contributed by atoms with E-state index in [1.54, 1.807) is 42.7 Å². The minimum atomic E-state index is -3.89. The summed E-state index contributed by atoms with van der Waals surface area (Å²) in [5, 5.41) is 0.556. The third-order valence-corrected chi connectivity index (χ3v) is 7.29. The van der Waals surface area contributed by atoms with Crippen molar-refractivity contribution < 1.29 is 17.5 Å². The number of halogens is 1. The molecule has 5 nitrogen and oxygen atoms in total. The molecule has 0 saturated carbocycles. The zero-order valence-corrected chi connectivity index (χ0v) is 18.3. The highest BCUT2D eigenvalue weighted by Gasteiger charge is 2.23. The first-order chi connectivity index (χ1) is 14.8. The number of benzene rings is 3. The van der Waals surface area contributed by atoms with Crippen molar-refractivity contribution in [1.29, 1.82) is 0 Å². The predicted octanol–water partition coefficient (Wildman–Crippen LogP) is 6.39. The van der Waals surface area contributed by atoms with E-state index in [1.165, 1.54) is 36.2 Å². The average Bonchev–Trinajstić information content (AvgIpc) is 3.19. The van der Waals surface area contributed by atoms with Crippen LogP contribution in [0.3, 0.4) is 0 Å². The second-order valence-corrected chi connectivity index (χ2v) is 9.43. The fourth-order valence-corrected chi connectivity index (χ4v) is 5.30. The van der Waals surface area contributed by atoms with Gasteiger partial charge in [-0.25, -0.2) is 21.6 Å². The van der Waals surface area contributed by atoms with Crippen LogP contribution in [-0.2, 0) is 10.0 Å². The Hall–Kier alpha value is -3.28. The van der Waals surface area contributed by atoms with Crippen molar-refractivity contribution in [3.05, 3.63) is 89.7 Å². The molecule has 0 aliphatic rings. The summed E-state index contributed by atoms with van der Waals surface area (Å²) >= 11 is 1.26. The quantitative estimate of drug-likeness (QED) is 0.260. The van der Waals surface area contributed by atoms with Crippen molar-refractivity contribution in [1.82, 2.24) is 3.97 Å². The highest BCUT2D eigenvalue weighted by atomic mass is 32.2. The van der Waals surface area contributed by atoms with Gasteiger partial charge < -0.3 is 4.74 Å². The Bertz CT molecular complexity index is 1440. The van der Waals surface area contributed by atoms with E-state index in [1.807, 2.05) is 6.92 Å². The molecule has 0 amide bonds. The smallest absolute Gasteiger partial charge is 0.268 e. The number of rotatable bonds is 5. The van der Waals surface area contributed by atoms with E-state index in [0.29, 0.717) is 21.7 Å². The van der Waals surface area contributed by atoms with Crippen LogP contribution in [-0.4, -0.2) is 18.6 Å². The molecule has 0 fully saturated rings. The van der Waals surface area contributed by atoms with Gasteiger partial charge in [0.25, 0.3) is 10.0 Å². The Kier molecular flexibility index (Phi) is 5.48. The molecule has 156 valence electrons. The van der Waals surface area contributed by atoms with Crippen LogP contribution in [0.5, 0.6) is 11.5 Å². The second kappa shape index (κ2) is 8.10. The van der Waals surface area contributed by atoms with E-state index in [-0.39, 0.29) is 16.2 Å². The number of aryl methyl sites for hydroxylation is 1. The lowest BCUT2D eigenvalue weighted by Crippen LogP contribution is -2.12. The highest BCUT2D eigenvalue weighted by Crippen LogP contribution is 2.41. The SMILES string of the molecule is [C-]#[N+]c1cccc(Oc2c(F)cc3c(ccn3S(=O)(=O)c3ccc(C)cc3)c2SC)c1. The summed E-state index contributed by atoms with van der Waals surface area (Å²) in [6, 6.07) is 15.7. The topological polar surface area (TPSA) is 52.7 Å². The minimum Gasteiger partial charge on any atom is -0.454 e. The van der Waals surface area contributed by atoms with E-state index in [4.69, 9.17) is 11.3 Å². The molecule has 1 aromatic heterocycles. The average molecular weight is 453 g/mol. The molecular formula is C23H17FN2O3S2. The molecule has 1 heterocycles. The minimum absolute atomic E-state index is 0.00684. The van der Waals surface area contributed by atoms with Crippen molar-refractivity contribution in [2.45, 2.75) is 16.7 Å². The summed E-state index contributed by atoms with van der Waals surface area (Å²) in [6.45, 7) is 9.00. The van der Waals surface area contributed by atoms with Crippen molar-refractivity contribution in [3.8, 4) is 11.5 Å². The lowest BCUT2D eigenvalue weighted by molar-refractivity contribution is 0.433. The molecule has 0 bridgehead atoms. The Morgan fingerprint density at radius 3 is 2.52 bits per heavy atom. The van der Waals surface area contributed by atoms with E-state index in [9.17, 15) is 8.42 Å². The molecule has 8 heteroatoms. The first-order valence-electron chi connectivity index (χ1n) is 9.20. The normalized spacial score (nSPS) is 11.4. The summed E-state index contributed by atoms with van der Waals surface area (Å²) in [6.07, 6.45) is 3.19. The Balaban J connectivity index is 1.85. The van der Waals surface area contributed by atoms with Crippen LogP contribution < -0.4 is 4.74 Å². The molecule has 4 rings (SSSR count). The van der Waals surface area contributed by atoms with Crippen LogP contribution in [0.15, 0.2) is 76.7 Å². The molecule has 0 spiro atoms. The molecule has 0 aliphatic heterocycles. The maximum atomic E-state index is 15.1. The fourth-order valence-electron chi connectivity index (χ4n) is 3.24. The van der Waals surface area contributed by atoms with Gasteiger partial charge in [-0.2, -0.15) is 0 Å². The van der Waals surface area contributed by atoms with Gasteiger partial charge in [0.05, 0.1) is 21.9 Å². The maximum Gasteiger partial charge on any atom is 0.268 e. The van der Waals surface area contributed by atoms with Crippen molar-refractivity contribution in [3.63, 3.8) is 0 Å². The van der Waals surface area contributed by atoms with Gasteiger partial charge in [0.2, 0.25) is 0 Å². The van der Waals surface area contributed by atoms with E-state index in [2.05, 4.69) is 4.85 Å². The van der Waals surface area contributed by atoms with Crippen LogP contribution in [0.25, 0.3) is 15.7 Å². The third-order valence-electron chi connectivity index (χ3n) is 4.77. The van der Waals surface area contributed by atoms with Crippen LogP contribution in [0.2, 0.25) is 0 Å². The molecule has 0 unspecified atom stereocenters. The van der Waals surface area contributed by atoms with Gasteiger partial charge in [-0.05, 0) is 43.5 Å². The second-order valence-electron chi connectivity index (χ2n) is 6.79. The molecule has 4 aromatic rings. The predicted molar refractivity (Wildman–Crippen MR) is 120 cm³/mol. The zero-order valence-electron chi connectivity index (χ0n) is 16.7. The lowest BCUT2D eigenvalue weighted by atomic mass is 10.2. The Morgan fingerprint density at radius 2 is 1.84 bits per heavy atom. The number of aromatic nitrogens is 1. The number of nitrogens with zero attached hydrogens (tertiary/aromatic N) is 2. The molecule has 0 radical (unpaired) electrons. The number of fused-ring (bicyclic) bond motifs is 1. The number of ether oxygens (including phenoxy) is 1.